The summed E-state index contributed by atoms with van der Waals surface area (Å²) in [6.07, 6.45) is 3.69. The van der Waals surface area contributed by atoms with Crippen molar-refractivity contribution in [2.24, 2.45) is 12.8 Å². The van der Waals surface area contributed by atoms with E-state index in [1.807, 2.05) is 18.2 Å². The maximum absolute atomic E-state index is 12.6. The first-order chi connectivity index (χ1) is 20.0. The Bertz CT molecular complexity index is 1600. The number of carbonyl (C=O) groups is 1. The number of hydrogen-bond acceptors (Lipinski definition) is 7. The molecule has 1 fully saturated rings. The highest BCUT2D eigenvalue weighted by Gasteiger charge is 2.46. The number of nitrogens with two attached hydrogens (primary N) is 1. The van der Waals surface area contributed by atoms with Crippen LogP contribution in [0.2, 0.25) is 0 Å². The Morgan fingerprint density at radius 2 is 1.88 bits per heavy atom. The molecule has 10 nitrogen and oxygen atoms in total. The highest BCUT2D eigenvalue weighted by atomic mass is 16.5. The van der Waals surface area contributed by atoms with Crippen LogP contribution in [0.25, 0.3) is 5.70 Å². The molecule has 2 heterocycles. The minimum absolute atomic E-state index is 0.0891. The number of fused-ring (bicyclic) bond motifs is 2. The molecule has 3 aromatic rings. The van der Waals surface area contributed by atoms with Gasteiger partial charge in [0.05, 0.1) is 11.5 Å². The van der Waals surface area contributed by atoms with Gasteiger partial charge in [0, 0.05) is 43.0 Å². The lowest BCUT2D eigenvalue weighted by Crippen LogP contribution is -2.45. The minimum atomic E-state index is -0.907. The van der Waals surface area contributed by atoms with Gasteiger partial charge in [0.15, 0.2) is 5.82 Å². The maximum Gasteiger partial charge on any atom is 0.459 e. The number of nitrogens with one attached hydrogen (secondary N) is 1. The SMILES string of the molecule is C=C([NH3+])c1ccc2c(c1)CCc1cc(C(N)=O)ccc1C2(C[C@H](C)NCC(=C)N1CCCC1C#N)c1nc(=O)on1C. The number of benzene rings is 2. The molecule has 1 aliphatic heterocycles. The van der Waals surface area contributed by atoms with Gasteiger partial charge in [-0.2, -0.15) is 15.0 Å². The van der Waals surface area contributed by atoms with Crippen LogP contribution in [0, 0.1) is 11.3 Å². The summed E-state index contributed by atoms with van der Waals surface area (Å²) in [5, 5.41) is 13.2. The van der Waals surface area contributed by atoms with Crippen molar-refractivity contribution in [2.75, 3.05) is 13.1 Å². The van der Waals surface area contributed by atoms with E-state index in [9.17, 15) is 14.9 Å². The van der Waals surface area contributed by atoms with Crippen LogP contribution in [0.4, 0.5) is 0 Å². The Morgan fingerprint density at radius 1 is 1.24 bits per heavy atom. The molecule has 218 valence electrons. The summed E-state index contributed by atoms with van der Waals surface area (Å²) in [6, 6.07) is 13.8. The number of quaternary nitrogens is 1. The topological polar surface area (TPSA) is 158 Å². The monoisotopic (exact) mass is 568 g/mol. The first-order valence-corrected chi connectivity index (χ1v) is 14.2. The van der Waals surface area contributed by atoms with E-state index in [0.717, 1.165) is 52.9 Å². The van der Waals surface area contributed by atoms with Gasteiger partial charge in [-0.1, -0.05) is 18.7 Å². The molecule has 1 amide bonds. The van der Waals surface area contributed by atoms with E-state index in [4.69, 9.17) is 10.3 Å². The van der Waals surface area contributed by atoms with E-state index >= 15 is 0 Å². The second-order valence-corrected chi connectivity index (χ2v) is 11.4. The van der Waals surface area contributed by atoms with Crippen molar-refractivity contribution < 1.29 is 15.1 Å². The lowest BCUT2D eigenvalue weighted by Gasteiger charge is -2.38. The van der Waals surface area contributed by atoms with Crippen molar-refractivity contribution in [1.29, 1.82) is 5.26 Å². The van der Waals surface area contributed by atoms with Gasteiger partial charge < -0.3 is 26.2 Å². The highest BCUT2D eigenvalue weighted by molar-refractivity contribution is 5.93. The van der Waals surface area contributed by atoms with Crippen molar-refractivity contribution in [3.05, 3.63) is 105 Å². The Balaban J connectivity index is 1.65. The molecule has 42 heavy (non-hydrogen) atoms. The van der Waals surface area contributed by atoms with E-state index in [2.05, 4.69) is 59.2 Å². The standard InChI is InChI=1S/C32H37N7O3/c1-19(36-18-20(2)39-13-5-6-26(39)17-33)16-32(30-37-31(41)42-38(30)4)27-11-9-22(21(3)34)14-23(27)7-8-24-15-25(29(35)40)10-12-28(24)32/h9-12,14-15,19,26,36H,2-3,5-8,13,16,18,34H2,1,4H3,(H2,35,40)/p+1/t19-,26?,32?/m0/s1. The predicted octanol–water partition coefficient (Wildman–Crippen LogP) is 1.99. The fourth-order valence-electron chi connectivity index (χ4n) is 6.68. The second kappa shape index (κ2) is 11.4. The zero-order valence-corrected chi connectivity index (χ0v) is 24.3. The van der Waals surface area contributed by atoms with Crippen molar-refractivity contribution in [1.82, 2.24) is 19.9 Å². The van der Waals surface area contributed by atoms with Gasteiger partial charge in [0.2, 0.25) is 5.91 Å². The quantitative estimate of drug-likeness (QED) is 0.356. The van der Waals surface area contributed by atoms with Crippen LogP contribution < -0.4 is 22.5 Å². The van der Waals surface area contributed by atoms with Crippen LogP contribution in [0.1, 0.15) is 70.2 Å². The lowest BCUT2D eigenvalue weighted by molar-refractivity contribution is -0.243. The summed E-state index contributed by atoms with van der Waals surface area (Å²) >= 11 is 0. The fraction of sp³-hybridized carbons (Fsp3) is 0.375. The van der Waals surface area contributed by atoms with Gasteiger partial charge in [0.1, 0.15) is 11.7 Å². The number of carbonyl (C=O) groups excluding carboxylic acids is 1. The van der Waals surface area contributed by atoms with Gasteiger partial charge in [-0.05, 0) is 92.1 Å². The largest absolute Gasteiger partial charge is 0.459 e. The first-order valence-electron chi connectivity index (χ1n) is 14.2. The van der Waals surface area contributed by atoms with Crippen molar-refractivity contribution in [2.45, 2.75) is 56.5 Å². The smallest absolute Gasteiger partial charge is 0.366 e. The van der Waals surface area contributed by atoms with Gasteiger partial charge in [-0.25, -0.2) is 4.79 Å². The molecule has 2 aromatic carbocycles. The number of hydrogen-bond donors (Lipinski definition) is 3. The van der Waals surface area contributed by atoms with Crippen LogP contribution in [-0.2, 0) is 25.3 Å². The Hall–Kier alpha value is -4.46. The molecule has 0 spiro atoms. The van der Waals surface area contributed by atoms with Crippen molar-refractivity contribution in [3.8, 4) is 6.07 Å². The normalized spacial score (nSPS) is 20.2. The Kier molecular flexibility index (Phi) is 7.91. The second-order valence-electron chi connectivity index (χ2n) is 11.4. The molecule has 10 heteroatoms. The van der Waals surface area contributed by atoms with Crippen LogP contribution in [0.15, 0.2) is 64.6 Å². The number of likely N-dealkylation sites (tertiary alicyclic amines) is 1. The van der Waals surface area contributed by atoms with E-state index < -0.39 is 17.1 Å². The van der Waals surface area contributed by atoms with E-state index in [1.54, 1.807) is 13.1 Å². The van der Waals surface area contributed by atoms with Gasteiger partial charge in [-0.15, -0.1) is 0 Å². The summed E-state index contributed by atoms with van der Waals surface area (Å²) in [6.45, 7) is 11.7. The number of rotatable bonds is 9. The Morgan fingerprint density at radius 3 is 2.45 bits per heavy atom. The average Bonchev–Trinajstić information content (AvgIpc) is 3.55. The molecular weight excluding hydrogens is 530 g/mol. The summed E-state index contributed by atoms with van der Waals surface area (Å²) in [4.78, 5) is 31.2. The van der Waals surface area contributed by atoms with Crippen molar-refractivity contribution >= 4 is 11.6 Å². The van der Waals surface area contributed by atoms with Gasteiger partial charge in [0.25, 0.3) is 0 Å². The molecular formula is C32H38N7O3+. The van der Waals surface area contributed by atoms with Gasteiger partial charge in [-0.3, -0.25) is 4.79 Å². The fourth-order valence-corrected chi connectivity index (χ4v) is 6.68. The molecule has 1 aliphatic carbocycles. The van der Waals surface area contributed by atoms with Crippen molar-refractivity contribution in [3.63, 3.8) is 0 Å². The zero-order chi connectivity index (χ0) is 30.2. The first kappa shape index (κ1) is 29.0. The molecule has 6 N–H and O–H groups in total. The molecule has 2 unspecified atom stereocenters. The van der Waals surface area contributed by atoms with Crippen LogP contribution >= 0.6 is 0 Å². The van der Waals surface area contributed by atoms with Gasteiger partial charge >= 0.3 is 5.76 Å². The number of nitrogens with zero attached hydrogens (tertiary/aromatic N) is 4. The number of aryl methyl sites for hydroxylation is 3. The molecule has 2 aliphatic rings. The van der Waals surface area contributed by atoms with E-state index in [0.29, 0.717) is 42.9 Å². The third-order valence-electron chi connectivity index (χ3n) is 8.65. The molecule has 5 rings (SSSR count). The van der Waals surface area contributed by atoms with E-state index in [1.165, 1.54) is 4.74 Å². The molecule has 1 aromatic heterocycles. The summed E-state index contributed by atoms with van der Waals surface area (Å²) in [5.41, 5.74) is 15.7. The molecule has 0 bridgehead atoms. The lowest BCUT2D eigenvalue weighted by atomic mass is 9.67. The Labute approximate surface area is 245 Å². The number of amides is 1. The van der Waals surface area contributed by atoms with Crippen LogP contribution in [0.3, 0.4) is 0 Å². The number of aromatic nitrogens is 2. The average molecular weight is 569 g/mol. The van der Waals surface area contributed by atoms with Crippen LogP contribution in [-0.4, -0.2) is 45.7 Å². The third-order valence-corrected chi connectivity index (χ3v) is 8.65. The number of nitriles is 1. The minimum Gasteiger partial charge on any atom is -0.366 e. The summed E-state index contributed by atoms with van der Waals surface area (Å²) in [7, 11) is 1.69. The predicted molar refractivity (Wildman–Crippen MR) is 159 cm³/mol. The summed E-state index contributed by atoms with van der Waals surface area (Å²) < 4.78 is 6.89. The summed E-state index contributed by atoms with van der Waals surface area (Å²) in [5.74, 6) is -0.705. The van der Waals surface area contributed by atoms with E-state index in [-0.39, 0.29) is 12.1 Å². The van der Waals surface area contributed by atoms with Crippen LogP contribution in [0.5, 0.6) is 0 Å². The maximum atomic E-state index is 12.6. The third kappa shape index (κ3) is 5.17. The number of primary amides is 1. The zero-order valence-electron chi connectivity index (χ0n) is 24.3. The molecule has 1 saturated heterocycles. The molecule has 0 saturated carbocycles. The highest BCUT2D eigenvalue weighted by Crippen LogP contribution is 2.47. The molecule has 0 radical (unpaired) electrons. The molecule has 3 atom stereocenters.